The molecular weight excluding hydrogens is 448 g/mol. The summed E-state index contributed by atoms with van der Waals surface area (Å²) in [6.45, 7) is 1.54. The number of benzene rings is 3. The molecule has 5 rings (SSSR count). The van der Waals surface area contributed by atoms with Gasteiger partial charge >= 0.3 is 0 Å². The van der Waals surface area contributed by atoms with Crippen molar-refractivity contribution in [3.8, 4) is 5.75 Å². The van der Waals surface area contributed by atoms with Gasteiger partial charge in [0.1, 0.15) is 18.9 Å². The molecule has 34 heavy (non-hydrogen) atoms. The molecule has 6 nitrogen and oxygen atoms in total. The van der Waals surface area contributed by atoms with Crippen molar-refractivity contribution >= 4 is 45.7 Å². The molecule has 0 N–H and O–H groups in total. The molecule has 3 aromatic rings. The Morgan fingerprint density at radius 3 is 2.53 bits per heavy atom. The maximum atomic E-state index is 12.9. The Morgan fingerprint density at radius 2 is 1.68 bits per heavy atom. The zero-order chi connectivity index (χ0) is 23.5. The Morgan fingerprint density at radius 1 is 0.941 bits per heavy atom. The van der Waals surface area contributed by atoms with E-state index in [2.05, 4.69) is 18.2 Å². The fourth-order valence-electron chi connectivity index (χ4n) is 4.28. The van der Waals surface area contributed by atoms with Gasteiger partial charge in [-0.1, -0.05) is 60.7 Å². The lowest BCUT2D eigenvalue weighted by Crippen LogP contribution is -2.40. The van der Waals surface area contributed by atoms with E-state index in [1.165, 1.54) is 0 Å². The topological polar surface area (TPSA) is 66.9 Å². The first-order valence-electron chi connectivity index (χ1n) is 11.3. The first-order chi connectivity index (χ1) is 16.6. The fourth-order valence-corrected chi connectivity index (χ4v) is 5.11. The van der Waals surface area contributed by atoms with Gasteiger partial charge < -0.3 is 9.64 Å². The van der Waals surface area contributed by atoms with Gasteiger partial charge in [-0.15, -0.1) is 0 Å². The van der Waals surface area contributed by atoms with Crippen LogP contribution in [0.5, 0.6) is 5.75 Å². The minimum absolute atomic E-state index is 0.181. The van der Waals surface area contributed by atoms with Crippen LogP contribution in [0, 0.1) is 0 Å². The van der Waals surface area contributed by atoms with Crippen molar-refractivity contribution in [3.63, 3.8) is 0 Å². The summed E-state index contributed by atoms with van der Waals surface area (Å²) in [6, 6.07) is 21.7. The van der Waals surface area contributed by atoms with Crippen LogP contribution in [-0.2, 0) is 16.2 Å². The quantitative estimate of drug-likeness (QED) is 0.468. The SMILES string of the molecule is O=C(CN1C(=O)S/C(=C\c2ccccc2OCc2cccc3ccccc23)C1=O)N1CCCC1. The number of hydrogen-bond acceptors (Lipinski definition) is 5. The van der Waals surface area contributed by atoms with Crippen molar-refractivity contribution in [2.75, 3.05) is 19.6 Å². The van der Waals surface area contributed by atoms with Crippen LogP contribution in [0.3, 0.4) is 0 Å². The van der Waals surface area contributed by atoms with Crippen molar-refractivity contribution in [1.82, 2.24) is 9.80 Å². The molecule has 2 aliphatic heterocycles. The average Bonchev–Trinajstić information content (AvgIpc) is 3.49. The first kappa shape index (κ1) is 22.2. The molecule has 0 unspecified atom stereocenters. The molecule has 2 saturated heterocycles. The van der Waals surface area contributed by atoms with Gasteiger partial charge in [-0.3, -0.25) is 19.3 Å². The molecule has 2 heterocycles. The number of nitrogens with zero attached hydrogens (tertiary/aromatic N) is 2. The third-order valence-electron chi connectivity index (χ3n) is 6.09. The predicted molar refractivity (Wildman–Crippen MR) is 133 cm³/mol. The molecule has 3 aromatic carbocycles. The van der Waals surface area contributed by atoms with Gasteiger partial charge in [0.15, 0.2) is 0 Å². The molecule has 0 spiro atoms. The van der Waals surface area contributed by atoms with Gasteiger partial charge in [0.2, 0.25) is 5.91 Å². The fraction of sp³-hybridized carbons (Fsp3) is 0.222. The maximum absolute atomic E-state index is 12.9. The van der Waals surface area contributed by atoms with Crippen molar-refractivity contribution in [2.45, 2.75) is 19.4 Å². The molecule has 0 atom stereocenters. The number of hydrogen-bond donors (Lipinski definition) is 0. The Balaban J connectivity index is 1.33. The number of carbonyl (C=O) groups excluding carboxylic acids is 3. The number of para-hydroxylation sites is 1. The Labute approximate surface area is 202 Å². The van der Waals surface area contributed by atoms with E-state index in [1.807, 2.05) is 48.5 Å². The molecule has 0 saturated carbocycles. The number of ether oxygens (including phenoxy) is 1. The summed E-state index contributed by atoms with van der Waals surface area (Å²) in [6.07, 6.45) is 3.59. The average molecular weight is 473 g/mol. The van der Waals surface area contributed by atoms with Gasteiger partial charge in [0, 0.05) is 18.7 Å². The summed E-state index contributed by atoms with van der Waals surface area (Å²) >= 11 is 0.858. The summed E-state index contributed by atoms with van der Waals surface area (Å²) < 4.78 is 6.14. The van der Waals surface area contributed by atoms with Crippen molar-refractivity contribution in [3.05, 3.63) is 82.8 Å². The first-order valence-corrected chi connectivity index (χ1v) is 12.1. The summed E-state index contributed by atoms with van der Waals surface area (Å²) in [5.41, 5.74) is 1.77. The van der Waals surface area contributed by atoms with Crippen molar-refractivity contribution in [2.24, 2.45) is 0 Å². The normalized spacial score (nSPS) is 17.2. The molecule has 2 aliphatic rings. The molecule has 0 aliphatic carbocycles. The minimum Gasteiger partial charge on any atom is -0.488 e. The second-order valence-electron chi connectivity index (χ2n) is 8.32. The highest BCUT2D eigenvalue weighted by molar-refractivity contribution is 8.18. The third-order valence-corrected chi connectivity index (χ3v) is 7.00. The van der Waals surface area contributed by atoms with Crippen LogP contribution in [0.25, 0.3) is 16.8 Å². The van der Waals surface area contributed by atoms with Gasteiger partial charge in [-0.2, -0.15) is 0 Å². The number of rotatable bonds is 6. The number of imide groups is 1. The summed E-state index contributed by atoms with van der Waals surface area (Å²) in [7, 11) is 0. The lowest BCUT2D eigenvalue weighted by Gasteiger charge is -2.18. The van der Waals surface area contributed by atoms with Gasteiger partial charge in [-0.05, 0) is 53.1 Å². The molecule has 0 bridgehead atoms. The Bertz CT molecular complexity index is 1290. The van der Waals surface area contributed by atoms with Crippen LogP contribution < -0.4 is 4.74 Å². The van der Waals surface area contributed by atoms with Crippen molar-refractivity contribution < 1.29 is 19.1 Å². The molecule has 2 fully saturated rings. The molecule has 3 amide bonds. The van der Waals surface area contributed by atoms with Crippen LogP contribution >= 0.6 is 11.8 Å². The molecule has 0 aromatic heterocycles. The molecule has 7 heteroatoms. The second-order valence-corrected chi connectivity index (χ2v) is 9.31. The van der Waals surface area contributed by atoms with Crippen LogP contribution in [0.15, 0.2) is 71.6 Å². The monoisotopic (exact) mass is 472 g/mol. The van der Waals surface area contributed by atoms with E-state index in [0.717, 1.165) is 45.8 Å². The van der Waals surface area contributed by atoms with E-state index >= 15 is 0 Å². The van der Waals surface area contributed by atoms with Gasteiger partial charge in [0.25, 0.3) is 11.1 Å². The van der Waals surface area contributed by atoms with Crippen molar-refractivity contribution in [1.29, 1.82) is 0 Å². The Kier molecular flexibility index (Phi) is 6.36. The number of thioether (sulfide) groups is 1. The lowest BCUT2D eigenvalue weighted by molar-refractivity contribution is -0.135. The lowest BCUT2D eigenvalue weighted by atomic mass is 10.1. The summed E-state index contributed by atoms with van der Waals surface area (Å²) in [4.78, 5) is 40.9. The van der Waals surface area contributed by atoms with E-state index in [4.69, 9.17) is 4.74 Å². The third kappa shape index (κ3) is 4.56. The minimum atomic E-state index is -0.439. The largest absolute Gasteiger partial charge is 0.488 e. The number of fused-ring (bicyclic) bond motifs is 1. The van der Waals surface area contributed by atoms with E-state index in [9.17, 15) is 14.4 Å². The van der Waals surface area contributed by atoms with Crippen LogP contribution in [0.1, 0.15) is 24.0 Å². The van der Waals surface area contributed by atoms with E-state index in [-0.39, 0.29) is 12.5 Å². The predicted octanol–water partition coefficient (Wildman–Crippen LogP) is 5.08. The summed E-state index contributed by atoms with van der Waals surface area (Å²) in [5.74, 6) is 0.00153. The van der Waals surface area contributed by atoms with Gasteiger partial charge in [0.05, 0.1) is 4.91 Å². The summed E-state index contributed by atoms with van der Waals surface area (Å²) in [5, 5.41) is 1.86. The highest BCUT2D eigenvalue weighted by Crippen LogP contribution is 2.34. The van der Waals surface area contributed by atoms with E-state index < -0.39 is 11.1 Å². The van der Waals surface area contributed by atoms with Crippen LogP contribution in [0.2, 0.25) is 0 Å². The smallest absolute Gasteiger partial charge is 0.294 e. The zero-order valence-corrected chi connectivity index (χ0v) is 19.4. The second kappa shape index (κ2) is 9.73. The van der Waals surface area contributed by atoms with E-state index in [1.54, 1.807) is 11.0 Å². The number of carbonyl (C=O) groups is 3. The Hall–Kier alpha value is -3.58. The maximum Gasteiger partial charge on any atom is 0.294 e. The van der Waals surface area contributed by atoms with E-state index in [0.29, 0.717) is 35.9 Å². The standard InChI is InChI=1S/C27H24N2O4S/c30-25(28-14-5-6-15-28)17-29-26(31)24(34-27(29)32)16-20-9-2-4-13-23(20)33-18-21-11-7-10-19-8-1-3-12-22(19)21/h1-4,7-13,16H,5-6,14-15,17-18H2/b24-16-. The van der Waals surface area contributed by atoms with Gasteiger partial charge in [-0.25, -0.2) is 0 Å². The highest BCUT2D eigenvalue weighted by atomic mass is 32.2. The number of likely N-dealkylation sites (tertiary alicyclic amines) is 1. The van der Waals surface area contributed by atoms with Crippen LogP contribution in [0.4, 0.5) is 4.79 Å². The molecule has 0 radical (unpaired) electrons. The molecule has 172 valence electrons. The highest BCUT2D eigenvalue weighted by Gasteiger charge is 2.37. The zero-order valence-electron chi connectivity index (χ0n) is 18.6. The van der Waals surface area contributed by atoms with Crippen LogP contribution in [-0.4, -0.2) is 46.5 Å². The molecular formula is C27H24N2O4S. The number of amides is 3.